The van der Waals surface area contributed by atoms with E-state index >= 15 is 0 Å². The van der Waals surface area contributed by atoms with E-state index in [1.807, 2.05) is 0 Å². The number of benzene rings is 2. The van der Waals surface area contributed by atoms with E-state index in [0.717, 1.165) is 4.47 Å². The van der Waals surface area contributed by atoms with E-state index in [0.29, 0.717) is 14.6 Å². The highest BCUT2D eigenvalue weighted by Crippen LogP contribution is 2.34. The summed E-state index contributed by atoms with van der Waals surface area (Å²) in [6.07, 6.45) is 0. The number of halogens is 4. The molecule has 20 heavy (non-hydrogen) atoms. The van der Waals surface area contributed by atoms with E-state index in [2.05, 4.69) is 53.1 Å². The van der Waals surface area contributed by atoms with E-state index in [1.165, 1.54) is 18.2 Å². The summed E-state index contributed by atoms with van der Waals surface area (Å²) in [6.45, 7) is 0. The van der Waals surface area contributed by atoms with E-state index in [-0.39, 0.29) is 11.3 Å². The van der Waals surface area contributed by atoms with Crippen molar-refractivity contribution < 1.29 is 9.18 Å². The minimum Gasteiger partial charge on any atom is -0.396 e. The number of nitrogens with two attached hydrogens (primary N) is 1. The quantitative estimate of drug-likeness (QED) is 0.615. The highest BCUT2D eigenvalue weighted by molar-refractivity contribution is 9.11. The molecule has 2 rings (SSSR count). The fourth-order valence-electron chi connectivity index (χ4n) is 1.58. The molecule has 0 fully saturated rings. The van der Waals surface area contributed by atoms with Crippen molar-refractivity contribution in [3.8, 4) is 0 Å². The van der Waals surface area contributed by atoms with Gasteiger partial charge < -0.3 is 11.1 Å². The van der Waals surface area contributed by atoms with Crippen LogP contribution in [0, 0.1) is 5.82 Å². The van der Waals surface area contributed by atoms with Crippen molar-refractivity contribution in [2.75, 3.05) is 11.1 Å². The second-order valence-corrected chi connectivity index (χ2v) is 6.52. The Hall–Kier alpha value is -0.920. The third-order valence-corrected chi connectivity index (χ3v) is 4.25. The van der Waals surface area contributed by atoms with E-state index in [1.54, 1.807) is 12.1 Å². The van der Waals surface area contributed by atoms with Crippen LogP contribution in [-0.2, 0) is 0 Å². The summed E-state index contributed by atoms with van der Waals surface area (Å²) in [5.41, 5.74) is 6.03. The molecule has 3 nitrogen and oxygen atoms in total. The fraction of sp³-hybridized carbons (Fsp3) is 0. The Labute approximate surface area is 140 Å². The van der Waals surface area contributed by atoms with Crippen molar-refractivity contribution in [3.63, 3.8) is 0 Å². The molecule has 0 aliphatic carbocycles. The third-order valence-electron chi connectivity index (χ3n) is 2.54. The average Bonchev–Trinajstić information content (AvgIpc) is 2.36. The number of nitrogens with one attached hydrogen (secondary N) is 1. The highest BCUT2D eigenvalue weighted by atomic mass is 79.9. The topological polar surface area (TPSA) is 55.1 Å². The monoisotopic (exact) mass is 464 g/mol. The molecule has 104 valence electrons. The van der Waals surface area contributed by atoms with Crippen molar-refractivity contribution in [1.29, 1.82) is 0 Å². The minimum absolute atomic E-state index is 0.0896. The second kappa shape index (κ2) is 6.24. The van der Waals surface area contributed by atoms with Crippen LogP contribution in [0.3, 0.4) is 0 Å². The lowest BCUT2D eigenvalue weighted by Crippen LogP contribution is -2.15. The number of anilines is 2. The van der Waals surface area contributed by atoms with Gasteiger partial charge in [-0.2, -0.15) is 0 Å². The number of amides is 1. The summed E-state index contributed by atoms with van der Waals surface area (Å²) >= 11 is 10.0. The molecule has 7 heteroatoms. The van der Waals surface area contributed by atoms with Crippen LogP contribution in [0.25, 0.3) is 0 Å². The minimum atomic E-state index is -0.619. The van der Waals surface area contributed by atoms with Crippen LogP contribution in [0.2, 0.25) is 0 Å². The Morgan fingerprint density at radius 2 is 1.75 bits per heavy atom. The first-order chi connectivity index (χ1) is 9.40. The molecular formula is C13H8Br3FN2O. The Kier molecular flexibility index (Phi) is 4.82. The molecule has 0 saturated carbocycles. The zero-order chi connectivity index (χ0) is 14.9. The Morgan fingerprint density at radius 3 is 2.35 bits per heavy atom. The van der Waals surface area contributed by atoms with Gasteiger partial charge in [0.25, 0.3) is 5.91 Å². The van der Waals surface area contributed by atoms with Gasteiger partial charge in [0.2, 0.25) is 0 Å². The van der Waals surface area contributed by atoms with Crippen molar-refractivity contribution in [2.24, 2.45) is 0 Å². The van der Waals surface area contributed by atoms with Gasteiger partial charge in [0.1, 0.15) is 5.82 Å². The van der Waals surface area contributed by atoms with Crippen LogP contribution in [-0.4, -0.2) is 5.91 Å². The molecule has 0 saturated heterocycles. The molecule has 0 unspecified atom stereocenters. The maximum atomic E-state index is 13.4. The number of rotatable bonds is 2. The van der Waals surface area contributed by atoms with Gasteiger partial charge in [-0.3, -0.25) is 4.79 Å². The van der Waals surface area contributed by atoms with Crippen molar-refractivity contribution in [3.05, 3.63) is 55.1 Å². The first kappa shape index (κ1) is 15.5. The van der Waals surface area contributed by atoms with E-state index < -0.39 is 11.7 Å². The molecule has 3 N–H and O–H groups in total. The van der Waals surface area contributed by atoms with Gasteiger partial charge in [0.15, 0.2) is 0 Å². The van der Waals surface area contributed by atoms with Gasteiger partial charge >= 0.3 is 0 Å². The van der Waals surface area contributed by atoms with Crippen LogP contribution in [0.5, 0.6) is 0 Å². The van der Waals surface area contributed by atoms with E-state index in [9.17, 15) is 9.18 Å². The van der Waals surface area contributed by atoms with Gasteiger partial charge in [0, 0.05) is 13.4 Å². The second-order valence-electron chi connectivity index (χ2n) is 3.90. The summed E-state index contributed by atoms with van der Waals surface area (Å²) < 4.78 is 15.6. The Morgan fingerprint density at radius 1 is 1.15 bits per heavy atom. The molecular weight excluding hydrogens is 459 g/mol. The Bertz CT molecular complexity index is 668. The molecule has 0 radical (unpaired) electrons. The van der Waals surface area contributed by atoms with Crippen molar-refractivity contribution >= 4 is 65.1 Å². The molecule has 2 aromatic rings. The number of nitrogen functional groups attached to an aromatic ring is 1. The first-order valence-corrected chi connectivity index (χ1v) is 7.78. The molecule has 0 aliphatic heterocycles. The third kappa shape index (κ3) is 3.21. The number of carbonyl (C=O) groups excluding carboxylic acids is 1. The molecule has 0 aliphatic rings. The van der Waals surface area contributed by atoms with Gasteiger partial charge in [0.05, 0.1) is 16.9 Å². The zero-order valence-corrected chi connectivity index (χ0v) is 14.6. The first-order valence-electron chi connectivity index (χ1n) is 5.40. The summed E-state index contributed by atoms with van der Waals surface area (Å²) in [6, 6.07) is 7.68. The summed E-state index contributed by atoms with van der Waals surface area (Å²) in [4.78, 5) is 12.2. The maximum absolute atomic E-state index is 13.4. The molecule has 1 amide bonds. The van der Waals surface area contributed by atoms with Gasteiger partial charge in [-0.25, -0.2) is 4.39 Å². The van der Waals surface area contributed by atoms with Gasteiger partial charge in [-0.05, 0) is 56.1 Å². The number of carbonyl (C=O) groups is 1. The fourth-order valence-corrected chi connectivity index (χ4v) is 4.03. The smallest absolute Gasteiger partial charge is 0.257 e. The molecule has 0 heterocycles. The lowest BCUT2D eigenvalue weighted by molar-refractivity contribution is 0.102. The van der Waals surface area contributed by atoms with Crippen LogP contribution in [0.1, 0.15) is 10.4 Å². The van der Waals surface area contributed by atoms with Crippen LogP contribution in [0.15, 0.2) is 43.7 Å². The number of hydrogen-bond donors (Lipinski definition) is 2. The summed E-state index contributed by atoms with van der Waals surface area (Å²) in [5.74, 6) is -1.10. The summed E-state index contributed by atoms with van der Waals surface area (Å²) in [7, 11) is 0. The average molecular weight is 467 g/mol. The highest BCUT2D eigenvalue weighted by Gasteiger charge is 2.15. The number of para-hydroxylation sites is 1. The molecule has 0 bridgehead atoms. The standard InChI is InChI=1S/C13H8Br3FN2O/c14-6-4-8(15)12(9(16)5-6)19-13(20)7-2-1-3-10(17)11(7)18/h1-5H,18H2,(H,19,20). The van der Waals surface area contributed by atoms with Gasteiger partial charge in [-0.15, -0.1) is 0 Å². The van der Waals surface area contributed by atoms with Crippen LogP contribution >= 0.6 is 47.8 Å². The Balaban J connectivity index is 2.36. The molecule has 0 aromatic heterocycles. The summed E-state index contributed by atoms with van der Waals surface area (Å²) in [5, 5.41) is 2.69. The molecule has 2 aromatic carbocycles. The SMILES string of the molecule is Nc1c(F)cccc1C(=O)Nc1c(Br)cc(Br)cc1Br. The molecule has 0 spiro atoms. The number of hydrogen-bond acceptors (Lipinski definition) is 2. The largest absolute Gasteiger partial charge is 0.396 e. The van der Waals surface area contributed by atoms with Crippen molar-refractivity contribution in [2.45, 2.75) is 0 Å². The van der Waals surface area contributed by atoms with Gasteiger partial charge in [-0.1, -0.05) is 22.0 Å². The zero-order valence-electron chi connectivity index (χ0n) is 9.88. The van der Waals surface area contributed by atoms with Crippen LogP contribution < -0.4 is 11.1 Å². The lowest BCUT2D eigenvalue weighted by atomic mass is 10.1. The van der Waals surface area contributed by atoms with Crippen LogP contribution in [0.4, 0.5) is 15.8 Å². The van der Waals surface area contributed by atoms with E-state index in [4.69, 9.17) is 5.73 Å². The predicted molar refractivity (Wildman–Crippen MR) is 88.3 cm³/mol. The molecule has 0 atom stereocenters. The normalized spacial score (nSPS) is 10.4. The lowest BCUT2D eigenvalue weighted by Gasteiger charge is -2.11. The maximum Gasteiger partial charge on any atom is 0.257 e. The van der Waals surface area contributed by atoms with Crippen molar-refractivity contribution in [1.82, 2.24) is 0 Å². The predicted octanol–water partition coefficient (Wildman–Crippen LogP) is 4.95.